The third kappa shape index (κ3) is 4.96. The maximum Gasteiger partial charge on any atom is 0.309 e. The van der Waals surface area contributed by atoms with E-state index in [2.05, 4.69) is 34.2 Å². The van der Waals surface area contributed by atoms with Crippen molar-refractivity contribution in [3.8, 4) is 0 Å². The van der Waals surface area contributed by atoms with Gasteiger partial charge in [0.1, 0.15) is 0 Å². The van der Waals surface area contributed by atoms with E-state index in [1.807, 2.05) is 32.0 Å². The fraction of sp³-hybridized carbons (Fsp3) is 0.625. The Bertz CT molecular complexity index is 869. The Labute approximate surface area is 198 Å². The summed E-state index contributed by atoms with van der Waals surface area (Å²) < 4.78 is 5.66. The van der Waals surface area contributed by atoms with Gasteiger partial charge in [-0.25, -0.2) is 0 Å². The van der Waals surface area contributed by atoms with Gasteiger partial charge in [-0.1, -0.05) is 18.6 Å². The summed E-state index contributed by atoms with van der Waals surface area (Å²) in [5.74, 6) is 2.41. The highest BCUT2D eigenvalue weighted by molar-refractivity contribution is 8.21. The molecule has 8 heteroatoms. The molecular weight excluding hydrogens is 444 g/mol. The van der Waals surface area contributed by atoms with Gasteiger partial charge in [0.25, 0.3) is 5.91 Å². The van der Waals surface area contributed by atoms with Gasteiger partial charge in [0.05, 0.1) is 16.5 Å². The van der Waals surface area contributed by atoms with Crippen LogP contribution in [-0.2, 0) is 19.1 Å². The molecule has 1 unspecified atom stereocenters. The Morgan fingerprint density at radius 3 is 2.44 bits per heavy atom. The highest BCUT2D eigenvalue weighted by Gasteiger charge is 2.55. The van der Waals surface area contributed by atoms with Crippen LogP contribution in [0.15, 0.2) is 18.2 Å². The summed E-state index contributed by atoms with van der Waals surface area (Å²) in [4.78, 5) is 37.0. The summed E-state index contributed by atoms with van der Waals surface area (Å²) in [7, 11) is 0. The monoisotopic (exact) mass is 476 g/mol. The van der Waals surface area contributed by atoms with Crippen LogP contribution < -0.4 is 10.6 Å². The Hall–Kier alpha value is -1.67. The minimum atomic E-state index is -0.455. The quantitative estimate of drug-likeness (QED) is 0.606. The van der Waals surface area contributed by atoms with Gasteiger partial charge in [0.2, 0.25) is 5.91 Å². The molecule has 1 heterocycles. The van der Waals surface area contributed by atoms with Crippen molar-refractivity contribution in [3.05, 3.63) is 29.3 Å². The average molecular weight is 477 g/mol. The Balaban J connectivity index is 1.21. The van der Waals surface area contributed by atoms with Crippen LogP contribution in [0.3, 0.4) is 0 Å². The summed E-state index contributed by atoms with van der Waals surface area (Å²) in [5, 5.41) is 5.34. The van der Waals surface area contributed by atoms with Gasteiger partial charge in [-0.05, 0) is 68.6 Å². The number of aryl methyl sites for hydroxylation is 1. The number of thioether (sulfide) groups is 2. The van der Waals surface area contributed by atoms with E-state index >= 15 is 0 Å². The maximum absolute atomic E-state index is 12.7. The second-order valence-electron chi connectivity index (χ2n) is 9.09. The summed E-state index contributed by atoms with van der Waals surface area (Å²) >= 11 is 4.22. The molecule has 2 aliphatic carbocycles. The lowest BCUT2D eigenvalue weighted by Gasteiger charge is -2.51. The van der Waals surface area contributed by atoms with Crippen LogP contribution in [0.1, 0.15) is 43.2 Å². The first-order valence-corrected chi connectivity index (χ1v) is 13.4. The van der Waals surface area contributed by atoms with E-state index in [1.54, 1.807) is 0 Å². The number of hydrogen-bond donors (Lipinski definition) is 2. The van der Waals surface area contributed by atoms with Gasteiger partial charge in [0, 0.05) is 17.2 Å². The summed E-state index contributed by atoms with van der Waals surface area (Å²) in [5.41, 5.74) is 2.81. The van der Waals surface area contributed by atoms with Crippen LogP contribution in [0.4, 0.5) is 5.69 Å². The lowest BCUT2D eigenvalue weighted by atomic mass is 9.67. The first kappa shape index (κ1) is 23.5. The maximum atomic E-state index is 12.7. The second-order valence-corrected chi connectivity index (χ2v) is 12.1. The zero-order valence-corrected chi connectivity index (χ0v) is 20.4. The van der Waals surface area contributed by atoms with Crippen LogP contribution in [0, 0.1) is 31.6 Å². The van der Waals surface area contributed by atoms with E-state index < -0.39 is 5.91 Å². The molecule has 0 aromatic heterocycles. The molecule has 3 fully saturated rings. The molecule has 1 saturated heterocycles. The minimum Gasteiger partial charge on any atom is -0.455 e. The van der Waals surface area contributed by atoms with E-state index in [0.29, 0.717) is 15.9 Å². The molecule has 1 aromatic rings. The topological polar surface area (TPSA) is 84.5 Å². The SMILES string of the molecule is Cc1cccc(NC(=O)CNC(=O)COC(=O)C2C[C@H]3CCC[C@@H](C2)C32SCCS2)c1C. The normalized spacial score (nSPS) is 25.9. The van der Waals surface area contributed by atoms with Crippen molar-refractivity contribution >= 4 is 47.0 Å². The van der Waals surface area contributed by atoms with Crippen LogP contribution in [0.5, 0.6) is 0 Å². The van der Waals surface area contributed by atoms with Crippen molar-refractivity contribution in [2.24, 2.45) is 17.8 Å². The van der Waals surface area contributed by atoms with Gasteiger partial charge >= 0.3 is 5.97 Å². The van der Waals surface area contributed by atoms with Crippen LogP contribution in [-0.4, -0.2) is 46.5 Å². The number of benzene rings is 1. The van der Waals surface area contributed by atoms with Gasteiger partial charge in [-0.15, -0.1) is 23.5 Å². The van der Waals surface area contributed by atoms with Crippen LogP contribution >= 0.6 is 23.5 Å². The largest absolute Gasteiger partial charge is 0.455 e. The summed E-state index contributed by atoms with van der Waals surface area (Å²) in [6, 6.07) is 5.68. The Kier molecular flexibility index (Phi) is 7.40. The van der Waals surface area contributed by atoms with Crippen LogP contribution in [0.25, 0.3) is 0 Å². The number of hydrogen-bond acceptors (Lipinski definition) is 6. The smallest absolute Gasteiger partial charge is 0.309 e. The van der Waals surface area contributed by atoms with Gasteiger partial charge in [-0.2, -0.15) is 0 Å². The van der Waals surface area contributed by atoms with Crippen molar-refractivity contribution in [2.75, 3.05) is 30.0 Å². The molecule has 2 amide bonds. The second kappa shape index (κ2) is 10.1. The van der Waals surface area contributed by atoms with Gasteiger partial charge in [-0.3, -0.25) is 14.4 Å². The lowest BCUT2D eigenvalue weighted by Crippen LogP contribution is -2.48. The summed E-state index contributed by atoms with van der Waals surface area (Å²) in [6.45, 7) is 3.42. The van der Waals surface area contributed by atoms with E-state index in [4.69, 9.17) is 4.74 Å². The third-order valence-electron chi connectivity index (χ3n) is 7.12. The number of anilines is 1. The van der Waals surface area contributed by atoms with E-state index in [1.165, 1.54) is 30.8 Å². The fourth-order valence-electron chi connectivity index (χ4n) is 5.37. The van der Waals surface area contributed by atoms with E-state index in [0.717, 1.165) is 29.7 Å². The van der Waals surface area contributed by atoms with Crippen molar-refractivity contribution in [3.63, 3.8) is 0 Å². The molecule has 1 aromatic carbocycles. The number of esters is 1. The number of carbonyl (C=O) groups excluding carboxylic acids is 3. The zero-order chi connectivity index (χ0) is 22.7. The molecule has 1 spiro atoms. The molecule has 174 valence electrons. The van der Waals surface area contributed by atoms with Crippen molar-refractivity contribution in [1.29, 1.82) is 0 Å². The van der Waals surface area contributed by atoms with Gasteiger partial charge < -0.3 is 15.4 Å². The first-order valence-electron chi connectivity index (χ1n) is 11.5. The predicted octanol–water partition coefficient (Wildman–Crippen LogP) is 3.90. The number of rotatable bonds is 6. The molecule has 6 nitrogen and oxygen atoms in total. The van der Waals surface area contributed by atoms with Crippen molar-refractivity contribution in [1.82, 2.24) is 5.32 Å². The van der Waals surface area contributed by atoms with E-state index in [-0.39, 0.29) is 30.9 Å². The number of amides is 2. The lowest BCUT2D eigenvalue weighted by molar-refractivity contribution is -0.155. The number of carbonyl (C=O) groups is 3. The van der Waals surface area contributed by atoms with Crippen molar-refractivity contribution < 1.29 is 19.1 Å². The molecular formula is C24H32N2O4S2. The van der Waals surface area contributed by atoms with Crippen LogP contribution in [0.2, 0.25) is 0 Å². The fourth-order valence-corrected chi connectivity index (χ4v) is 9.30. The summed E-state index contributed by atoms with van der Waals surface area (Å²) in [6.07, 6.45) is 5.38. The number of nitrogens with one attached hydrogen (secondary N) is 2. The molecule has 0 radical (unpaired) electrons. The molecule has 4 rings (SSSR count). The Morgan fingerprint density at radius 2 is 1.75 bits per heavy atom. The molecule has 2 bridgehead atoms. The molecule has 3 atom stereocenters. The number of ether oxygens (including phenoxy) is 1. The highest BCUT2D eigenvalue weighted by atomic mass is 32.2. The molecule has 2 N–H and O–H groups in total. The third-order valence-corrected chi connectivity index (χ3v) is 11.1. The van der Waals surface area contributed by atoms with Crippen molar-refractivity contribution in [2.45, 2.75) is 50.0 Å². The van der Waals surface area contributed by atoms with Gasteiger partial charge in [0.15, 0.2) is 6.61 Å². The highest BCUT2D eigenvalue weighted by Crippen LogP contribution is 2.64. The first-order chi connectivity index (χ1) is 15.4. The molecule has 3 aliphatic rings. The average Bonchev–Trinajstić information content (AvgIpc) is 3.23. The standard InChI is InChI=1S/C24H32N2O4S2/c1-15-5-3-8-20(16(15)2)26-21(27)13-25-22(28)14-30-23(29)17-11-18-6-4-7-19(12-17)24(18)31-9-10-32-24/h3,5,8,17-19H,4,6-7,9-14H2,1-2H3,(H,25,28)(H,26,27)/t17?,18-,19+. The predicted molar refractivity (Wildman–Crippen MR) is 130 cm³/mol. The zero-order valence-electron chi connectivity index (χ0n) is 18.8. The Morgan fingerprint density at radius 1 is 1.06 bits per heavy atom. The molecule has 32 heavy (non-hydrogen) atoms. The molecule has 2 saturated carbocycles. The minimum absolute atomic E-state index is 0.113. The molecule has 1 aliphatic heterocycles. The van der Waals surface area contributed by atoms with E-state index in [9.17, 15) is 14.4 Å².